The average molecular weight is 144 g/mol. The van der Waals surface area contributed by atoms with Gasteiger partial charge in [0.15, 0.2) is 5.83 Å². The molecule has 1 aliphatic carbocycles. The first-order chi connectivity index (χ1) is 4.74. The van der Waals surface area contributed by atoms with Gasteiger partial charge in [0.25, 0.3) is 0 Å². The molecule has 0 aromatic heterocycles. The van der Waals surface area contributed by atoms with E-state index in [0.717, 1.165) is 12.0 Å². The molecule has 0 unspecified atom stereocenters. The van der Waals surface area contributed by atoms with Crippen LogP contribution in [0.15, 0.2) is 23.3 Å². The molecule has 10 heavy (non-hydrogen) atoms. The molecule has 0 saturated carbocycles. The van der Waals surface area contributed by atoms with Gasteiger partial charge >= 0.3 is 0 Å². The summed E-state index contributed by atoms with van der Waals surface area (Å²) in [7, 11) is 0. The molecule has 1 rings (SSSR count). The Morgan fingerprint density at radius 3 is 2.60 bits per heavy atom. The summed E-state index contributed by atoms with van der Waals surface area (Å²) in [6, 6.07) is 0. The highest BCUT2D eigenvalue weighted by molar-refractivity contribution is 5.25. The average Bonchev–Trinajstić information content (AvgIpc) is 1.95. The Hall–Kier alpha value is -0.660. The van der Waals surface area contributed by atoms with Gasteiger partial charge in [-0.1, -0.05) is 12.5 Å². The van der Waals surface area contributed by atoms with Gasteiger partial charge in [-0.15, -0.1) is 0 Å². The van der Waals surface area contributed by atoms with Gasteiger partial charge in [0, 0.05) is 6.42 Å². The summed E-state index contributed by atoms with van der Waals surface area (Å²) in [5.74, 6) is -1.28. The third-order valence-electron chi connectivity index (χ3n) is 1.71. The largest absolute Gasteiger partial charge is 0.209 e. The predicted molar refractivity (Wildman–Crippen MR) is 36.9 cm³/mol. The molecular formula is C8H10F2. The van der Waals surface area contributed by atoms with Gasteiger partial charge in [-0.2, -0.15) is 0 Å². The molecule has 0 N–H and O–H groups in total. The summed E-state index contributed by atoms with van der Waals surface area (Å²) < 4.78 is 24.8. The second-order valence-electron chi connectivity index (χ2n) is 2.41. The summed E-state index contributed by atoms with van der Waals surface area (Å²) in [4.78, 5) is 0. The van der Waals surface area contributed by atoms with E-state index in [1.54, 1.807) is 0 Å². The summed E-state index contributed by atoms with van der Waals surface area (Å²) in [6.07, 6.45) is 3.04. The molecule has 0 heterocycles. The summed E-state index contributed by atoms with van der Waals surface area (Å²) >= 11 is 0. The van der Waals surface area contributed by atoms with Crippen LogP contribution in [0.25, 0.3) is 0 Å². The smallest absolute Gasteiger partial charge is 0.154 e. The standard InChI is InChI=1S/C8H10F2/c1-2-6-3-4-7(9)8(10)5-6/h5H,2-4H2,1H3. The number of halogens is 2. The van der Waals surface area contributed by atoms with E-state index in [-0.39, 0.29) is 6.42 Å². The van der Waals surface area contributed by atoms with Crippen LogP contribution < -0.4 is 0 Å². The Bertz CT molecular complexity index is 189. The lowest BCUT2D eigenvalue weighted by Crippen LogP contribution is -1.92. The minimum atomic E-state index is -0.678. The maximum Gasteiger partial charge on any atom is 0.154 e. The van der Waals surface area contributed by atoms with Crippen molar-refractivity contribution in [1.29, 1.82) is 0 Å². The Morgan fingerprint density at radius 2 is 2.10 bits per heavy atom. The highest BCUT2D eigenvalue weighted by Gasteiger charge is 2.10. The van der Waals surface area contributed by atoms with Crippen molar-refractivity contribution in [3.8, 4) is 0 Å². The molecule has 0 atom stereocenters. The molecule has 0 radical (unpaired) electrons. The SMILES string of the molecule is CCC1=CC(F)=C(F)CC1. The lowest BCUT2D eigenvalue weighted by Gasteiger charge is -2.08. The normalized spacial score (nSPS) is 19.3. The van der Waals surface area contributed by atoms with E-state index in [1.165, 1.54) is 6.08 Å². The number of hydrogen-bond donors (Lipinski definition) is 0. The van der Waals surface area contributed by atoms with Gasteiger partial charge in [0.05, 0.1) is 0 Å². The second-order valence-corrected chi connectivity index (χ2v) is 2.41. The van der Waals surface area contributed by atoms with Gasteiger partial charge in [-0.3, -0.25) is 0 Å². The van der Waals surface area contributed by atoms with Crippen LogP contribution in [-0.4, -0.2) is 0 Å². The highest BCUT2D eigenvalue weighted by Crippen LogP contribution is 2.26. The van der Waals surface area contributed by atoms with Crippen LogP contribution in [0.4, 0.5) is 8.78 Å². The molecule has 0 nitrogen and oxygen atoms in total. The fourth-order valence-electron chi connectivity index (χ4n) is 0.998. The molecule has 0 saturated heterocycles. The summed E-state index contributed by atoms with van der Waals surface area (Å²) in [6.45, 7) is 1.95. The minimum absolute atomic E-state index is 0.242. The minimum Gasteiger partial charge on any atom is -0.209 e. The first-order valence-electron chi connectivity index (χ1n) is 3.47. The molecular weight excluding hydrogens is 134 g/mol. The molecule has 0 bridgehead atoms. The molecule has 0 aromatic carbocycles. The van der Waals surface area contributed by atoms with E-state index < -0.39 is 11.7 Å². The topological polar surface area (TPSA) is 0 Å². The fourth-order valence-corrected chi connectivity index (χ4v) is 0.998. The van der Waals surface area contributed by atoms with E-state index in [1.807, 2.05) is 6.92 Å². The Morgan fingerprint density at radius 1 is 1.40 bits per heavy atom. The van der Waals surface area contributed by atoms with Gasteiger partial charge < -0.3 is 0 Å². The molecule has 1 aliphatic rings. The molecule has 0 amide bonds. The van der Waals surface area contributed by atoms with Crippen molar-refractivity contribution < 1.29 is 8.78 Å². The van der Waals surface area contributed by atoms with Crippen molar-refractivity contribution in [2.24, 2.45) is 0 Å². The van der Waals surface area contributed by atoms with Gasteiger partial charge in [-0.05, 0) is 18.9 Å². The van der Waals surface area contributed by atoms with Crippen molar-refractivity contribution in [3.05, 3.63) is 23.3 Å². The third kappa shape index (κ3) is 1.43. The van der Waals surface area contributed by atoms with Crippen molar-refractivity contribution >= 4 is 0 Å². The van der Waals surface area contributed by atoms with Crippen molar-refractivity contribution in [1.82, 2.24) is 0 Å². The molecule has 2 heteroatoms. The zero-order chi connectivity index (χ0) is 7.56. The number of allylic oxidation sites excluding steroid dienone is 4. The second kappa shape index (κ2) is 2.95. The number of rotatable bonds is 1. The maximum atomic E-state index is 12.4. The molecule has 0 aromatic rings. The number of hydrogen-bond acceptors (Lipinski definition) is 0. The first kappa shape index (κ1) is 7.45. The quantitative estimate of drug-likeness (QED) is 0.529. The zero-order valence-corrected chi connectivity index (χ0v) is 5.95. The van der Waals surface area contributed by atoms with E-state index in [9.17, 15) is 8.78 Å². The van der Waals surface area contributed by atoms with Crippen molar-refractivity contribution in [3.63, 3.8) is 0 Å². The molecule has 56 valence electrons. The molecule has 0 aliphatic heterocycles. The first-order valence-corrected chi connectivity index (χ1v) is 3.47. The Labute approximate surface area is 59.2 Å². The Balaban J connectivity index is 2.76. The monoisotopic (exact) mass is 144 g/mol. The summed E-state index contributed by atoms with van der Waals surface area (Å²) in [5, 5.41) is 0. The van der Waals surface area contributed by atoms with Crippen molar-refractivity contribution in [2.45, 2.75) is 26.2 Å². The summed E-state index contributed by atoms with van der Waals surface area (Å²) in [5.41, 5.74) is 0.999. The fraction of sp³-hybridized carbons (Fsp3) is 0.500. The van der Waals surface area contributed by atoms with Crippen LogP contribution in [0.2, 0.25) is 0 Å². The van der Waals surface area contributed by atoms with E-state index in [2.05, 4.69) is 0 Å². The van der Waals surface area contributed by atoms with E-state index >= 15 is 0 Å². The maximum absolute atomic E-state index is 12.4. The zero-order valence-electron chi connectivity index (χ0n) is 5.95. The third-order valence-corrected chi connectivity index (χ3v) is 1.71. The van der Waals surface area contributed by atoms with E-state index in [0.29, 0.717) is 6.42 Å². The van der Waals surface area contributed by atoms with Crippen LogP contribution in [0, 0.1) is 0 Å². The molecule has 0 spiro atoms. The molecule has 0 fully saturated rings. The van der Waals surface area contributed by atoms with Gasteiger partial charge in [0.2, 0.25) is 0 Å². The van der Waals surface area contributed by atoms with Gasteiger partial charge in [0.1, 0.15) is 5.83 Å². The predicted octanol–water partition coefficient (Wildman–Crippen LogP) is 3.27. The van der Waals surface area contributed by atoms with Crippen molar-refractivity contribution in [2.75, 3.05) is 0 Å². The van der Waals surface area contributed by atoms with Crippen LogP contribution in [0.5, 0.6) is 0 Å². The highest BCUT2D eigenvalue weighted by atomic mass is 19.2. The van der Waals surface area contributed by atoms with Gasteiger partial charge in [-0.25, -0.2) is 8.78 Å². The van der Waals surface area contributed by atoms with Crippen LogP contribution in [0.3, 0.4) is 0 Å². The Kier molecular flexibility index (Phi) is 2.20. The van der Waals surface area contributed by atoms with Crippen LogP contribution in [0.1, 0.15) is 26.2 Å². The van der Waals surface area contributed by atoms with E-state index in [4.69, 9.17) is 0 Å². The van der Waals surface area contributed by atoms with Crippen LogP contribution >= 0.6 is 0 Å². The lowest BCUT2D eigenvalue weighted by atomic mass is 10.0. The van der Waals surface area contributed by atoms with Crippen LogP contribution in [-0.2, 0) is 0 Å². The lowest BCUT2D eigenvalue weighted by molar-refractivity contribution is 0.508.